The molecule has 0 heterocycles. The Hall–Kier alpha value is -0.350. The maximum Gasteiger partial charge on any atom is 0.335 e. The van der Waals surface area contributed by atoms with Gasteiger partial charge in [0.15, 0.2) is 5.60 Å². The lowest BCUT2D eigenvalue weighted by atomic mass is 9.61. The second kappa shape index (κ2) is 7.26. The van der Waals surface area contributed by atoms with Gasteiger partial charge in [-0.25, -0.2) is 4.79 Å². The quantitative estimate of drug-likeness (QED) is 0.665. The summed E-state index contributed by atoms with van der Waals surface area (Å²) in [6.45, 7) is 6.19. The van der Waals surface area contributed by atoms with Gasteiger partial charge in [0.2, 0.25) is 0 Å². The minimum absolute atomic E-state index is 0.339. The first-order valence-electron chi connectivity index (χ1n) is 8.97. The van der Waals surface area contributed by atoms with Crippen LogP contribution in [0.2, 0.25) is 0 Å². The van der Waals surface area contributed by atoms with Gasteiger partial charge in [0.05, 0.1) is 0 Å². The maximum absolute atomic E-state index is 11.0. The summed E-state index contributed by atoms with van der Waals surface area (Å²) in [6, 6.07) is 0. The van der Waals surface area contributed by atoms with Crippen molar-refractivity contribution in [3.8, 4) is 0 Å². The van der Waals surface area contributed by atoms with Gasteiger partial charge in [0.1, 0.15) is 0 Å². The molecule has 2 rings (SSSR count). The van der Waals surface area contributed by atoms with Gasteiger partial charge in [-0.05, 0) is 80.0 Å². The Morgan fingerprint density at radius 3 is 2.83 bits per heavy atom. The predicted octanol–water partition coefficient (Wildman–Crippen LogP) is 5.12. The van der Waals surface area contributed by atoms with E-state index in [2.05, 4.69) is 34.8 Å². The van der Waals surface area contributed by atoms with Crippen molar-refractivity contribution < 1.29 is 15.0 Å². The number of aliphatic carboxylic acids is 1. The third-order valence-corrected chi connectivity index (χ3v) is 7.24. The average Bonchev–Trinajstić information content (AvgIpc) is 2.83. The number of rotatable bonds is 6. The molecular weight excluding hydrogens is 356 g/mol. The fourth-order valence-electron chi connectivity index (χ4n) is 5.22. The zero-order valence-corrected chi connectivity index (χ0v) is 16.2. The van der Waals surface area contributed by atoms with Crippen LogP contribution in [0.5, 0.6) is 0 Å². The number of carboxylic acid groups (broad SMARTS) is 1. The lowest BCUT2D eigenvalue weighted by Gasteiger charge is -2.44. The molecule has 0 bridgehead atoms. The van der Waals surface area contributed by atoms with E-state index >= 15 is 0 Å². The van der Waals surface area contributed by atoms with Crippen molar-refractivity contribution in [1.82, 2.24) is 0 Å². The highest BCUT2D eigenvalue weighted by Gasteiger charge is 2.50. The number of hydrogen-bond donors (Lipinski definition) is 2. The van der Waals surface area contributed by atoms with Crippen molar-refractivity contribution >= 4 is 21.9 Å². The van der Waals surface area contributed by atoms with Crippen LogP contribution in [0.4, 0.5) is 0 Å². The highest BCUT2D eigenvalue weighted by molar-refractivity contribution is 9.11. The summed E-state index contributed by atoms with van der Waals surface area (Å²) in [5.41, 5.74) is 0.396. The molecule has 2 aliphatic rings. The number of hydrogen-bond acceptors (Lipinski definition) is 2. The molecule has 0 spiro atoms. The number of carboxylic acids is 1. The van der Waals surface area contributed by atoms with Crippen molar-refractivity contribution in [3.05, 3.63) is 10.6 Å². The van der Waals surface area contributed by atoms with E-state index in [9.17, 15) is 9.90 Å². The Morgan fingerprint density at radius 1 is 1.52 bits per heavy atom. The van der Waals surface area contributed by atoms with Crippen LogP contribution in [0.3, 0.4) is 0 Å². The Kier molecular flexibility index (Phi) is 5.99. The molecule has 0 radical (unpaired) electrons. The van der Waals surface area contributed by atoms with Gasteiger partial charge in [-0.2, -0.15) is 0 Å². The standard InChI is InChI=1S/C19H31BrO3/c1-13(6-4-11-19(3,23)17(21)22)15-8-9-16-14(12-20)7-5-10-18(15,16)2/h12-13,15-16,23H,4-11H2,1-3H3,(H,21,22)/b14-12+/t13-,15-,16?,18-,19+/m1/s1. The van der Waals surface area contributed by atoms with Crippen LogP contribution < -0.4 is 0 Å². The van der Waals surface area contributed by atoms with Crippen molar-refractivity contribution in [2.45, 2.75) is 77.7 Å². The second-order valence-electron chi connectivity index (χ2n) is 8.23. The number of carbonyl (C=O) groups is 1. The minimum atomic E-state index is -1.58. The molecule has 3 nitrogen and oxygen atoms in total. The number of aliphatic hydroxyl groups is 1. The van der Waals surface area contributed by atoms with Gasteiger partial charge in [0, 0.05) is 0 Å². The zero-order valence-electron chi connectivity index (χ0n) is 14.6. The second-order valence-corrected chi connectivity index (χ2v) is 8.69. The lowest BCUT2D eigenvalue weighted by Crippen LogP contribution is -2.36. The third-order valence-electron chi connectivity index (χ3n) is 6.65. The first kappa shape index (κ1) is 19.0. The smallest absolute Gasteiger partial charge is 0.335 e. The molecule has 0 aromatic rings. The zero-order chi connectivity index (χ0) is 17.3. The van der Waals surface area contributed by atoms with Gasteiger partial charge in [0.25, 0.3) is 0 Å². The molecule has 2 aliphatic carbocycles. The minimum Gasteiger partial charge on any atom is -0.479 e. The van der Waals surface area contributed by atoms with Gasteiger partial charge in [-0.3, -0.25) is 0 Å². The van der Waals surface area contributed by atoms with E-state index in [1.165, 1.54) is 39.0 Å². The first-order valence-corrected chi connectivity index (χ1v) is 9.89. The molecular formula is C19H31BrO3. The largest absolute Gasteiger partial charge is 0.479 e. The normalized spacial score (nSPS) is 36.5. The molecule has 0 aromatic heterocycles. The molecule has 1 unspecified atom stereocenters. The van der Waals surface area contributed by atoms with Gasteiger partial charge in [-0.1, -0.05) is 41.8 Å². The van der Waals surface area contributed by atoms with E-state index in [0.29, 0.717) is 29.6 Å². The summed E-state index contributed by atoms with van der Waals surface area (Å²) < 4.78 is 0. The lowest BCUT2D eigenvalue weighted by molar-refractivity contribution is -0.157. The van der Waals surface area contributed by atoms with Crippen LogP contribution in [-0.2, 0) is 4.79 Å². The number of halogens is 1. The summed E-state index contributed by atoms with van der Waals surface area (Å²) in [4.78, 5) is 13.2. The van der Waals surface area contributed by atoms with Crippen LogP contribution in [0.25, 0.3) is 0 Å². The van der Waals surface area contributed by atoms with Crippen molar-refractivity contribution in [3.63, 3.8) is 0 Å². The van der Waals surface area contributed by atoms with Crippen LogP contribution in [-0.4, -0.2) is 21.8 Å². The van der Waals surface area contributed by atoms with E-state index in [-0.39, 0.29) is 0 Å². The van der Waals surface area contributed by atoms with Crippen LogP contribution in [0, 0.1) is 23.2 Å². The summed E-state index contributed by atoms with van der Waals surface area (Å²) in [5.74, 6) is 0.900. The van der Waals surface area contributed by atoms with Gasteiger partial charge < -0.3 is 10.2 Å². The van der Waals surface area contributed by atoms with Crippen molar-refractivity contribution in [2.75, 3.05) is 0 Å². The summed E-state index contributed by atoms with van der Waals surface area (Å²) in [5, 5.41) is 18.9. The molecule has 2 N–H and O–H groups in total. The van der Waals surface area contributed by atoms with E-state index in [1.54, 1.807) is 5.57 Å². The SMILES string of the molecule is C[C@H](CCC[C@](C)(O)C(=O)O)[C@H]1CCC2/C(=C/Br)CCC[C@@]21C. The Bertz CT molecular complexity index is 471. The van der Waals surface area contributed by atoms with Gasteiger partial charge >= 0.3 is 5.97 Å². The number of fused-ring (bicyclic) bond motifs is 1. The molecule has 2 fully saturated rings. The van der Waals surface area contributed by atoms with Crippen molar-refractivity contribution in [2.24, 2.45) is 23.2 Å². The average molecular weight is 387 g/mol. The maximum atomic E-state index is 11.0. The summed E-state index contributed by atoms with van der Waals surface area (Å²) in [6.07, 6.45) is 8.51. The molecule has 0 aromatic carbocycles. The predicted molar refractivity (Wildman–Crippen MR) is 96.5 cm³/mol. The molecule has 0 aliphatic heterocycles. The van der Waals surface area contributed by atoms with Crippen LogP contribution in [0.15, 0.2) is 10.6 Å². The Balaban J connectivity index is 1.95. The molecule has 132 valence electrons. The van der Waals surface area contributed by atoms with Crippen LogP contribution in [0.1, 0.15) is 72.1 Å². The molecule has 2 saturated carbocycles. The molecule has 4 heteroatoms. The monoisotopic (exact) mass is 386 g/mol. The molecule has 0 amide bonds. The highest BCUT2D eigenvalue weighted by atomic mass is 79.9. The first-order chi connectivity index (χ1) is 10.7. The van der Waals surface area contributed by atoms with E-state index in [4.69, 9.17) is 5.11 Å². The topological polar surface area (TPSA) is 57.5 Å². The summed E-state index contributed by atoms with van der Waals surface area (Å²) in [7, 11) is 0. The Morgan fingerprint density at radius 2 is 2.22 bits per heavy atom. The highest BCUT2D eigenvalue weighted by Crippen LogP contribution is 2.60. The van der Waals surface area contributed by atoms with Gasteiger partial charge in [-0.15, -0.1) is 0 Å². The fourth-order valence-corrected chi connectivity index (χ4v) is 5.77. The molecule has 23 heavy (non-hydrogen) atoms. The van der Waals surface area contributed by atoms with E-state index in [0.717, 1.165) is 12.8 Å². The summed E-state index contributed by atoms with van der Waals surface area (Å²) >= 11 is 3.56. The fraction of sp³-hybridized carbons (Fsp3) is 0.842. The number of allylic oxidation sites excluding steroid dienone is 1. The Labute approximate surface area is 148 Å². The molecule has 5 atom stereocenters. The van der Waals surface area contributed by atoms with Crippen LogP contribution >= 0.6 is 15.9 Å². The third kappa shape index (κ3) is 3.84. The van der Waals surface area contributed by atoms with Crippen molar-refractivity contribution in [1.29, 1.82) is 0 Å². The van der Waals surface area contributed by atoms with E-state index in [1.807, 2.05) is 0 Å². The van der Waals surface area contributed by atoms with E-state index < -0.39 is 11.6 Å². The molecule has 0 saturated heterocycles.